The summed E-state index contributed by atoms with van der Waals surface area (Å²) >= 11 is 3.47. The number of nitrogens with one attached hydrogen (secondary N) is 1. The average Bonchev–Trinajstić information content (AvgIpc) is 2.38. The van der Waals surface area contributed by atoms with E-state index in [0.29, 0.717) is 0 Å². The van der Waals surface area contributed by atoms with Gasteiger partial charge in [-0.15, -0.1) is 0 Å². The molecule has 1 fully saturated rings. The van der Waals surface area contributed by atoms with Gasteiger partial charge in [0.1, 0.15) is 5.82 Å². The molecule has 3 heteroatoms. The number of halogens is 2. The van der Waals surface area contributed by atoms with Crippen molar-refractivity contribution >= 4 is 15.9 Å². The maximum Gasteiger partial charge on any atom is 0.129 e. The quantitative estimate of drug-likeness (QED) is 0.840. The molecule has 0 spiro atoms. The van der Waals surface area contributed by atoms with Crippen LogP contribution in [0.3, 0.4) is 0 Å². The Morgan fingerprint density at radius 2 is 2.06 bits per heavy atom. The van der Waals surface area contributed by atoms with Crippen LogP contribution < -0.4 is 5.32 Å². The Bertz CT molecular complexity index is 368. The van der Waals surface area contributed by atoms with Gasteiger partial charge in [-0.25, -0.2) is 4.39 Å². The van der Waals surface area contributed by atoms with Crippen LogP contribution in [0.4, 0.5) is 4.39 Å². The van der Waals surface area contributed by atoms with Crippen LogP contribution in [0.25, 0.3) is 0 Å². The lowest BCUT2D eigenvalue weighted by Crippen LogP contribution is -2.22. The van der Waals surface area contributed by atoms with E-state index in [1.165, 1.54) is 32.1 Å². The van der Waals surface area contributed by atoms with Crippen LogP contribution in [0.5, 0.6) is 0 Å². The van der Waals surface area contributed by atoms with Gasteiger partial charge in [0.05, 0.1) is 0 Å². The van der Waals surface area contributed by atoms with E-state index in [-0.39, 0.29) is 11.9 Å². The third-order valence-corrected chi connectivity index (χ3v) is 4.68. The van der Waals surface area contributed by atoms with E-state index in [4.69, 9.17) is 0 Å². The molecule has 0 amide bonds. The highest BCUT2D eigenvalue weighted by Crippen LogP contribution is 2.35. The smallest absolute Gasteiger partial charge is 0.129 e. The van der Waals surface area contributed by atoms with Gasteiger partial charge >= 0.3 is 0 Å². The highest BCUT2D eigenvalue weighted by atomic mass is 79.9. The predicted molar refractivity (Wildman–Crippen MR) is 77.1 cm³/mol. The number of hydrogen-bond acceptors (Lipinski definition) is 1. The molecule has 1 aliphatic carbocycles. The monoisotopic (exact) mass is 313 g/mol. The standard InChI is InChI=1S/C15H21BrFN/c1-18-14(10-11-6-3-2-4-7-11)15-12(16)8-5-9-13(15)17/h5,8-9,11,14,18H,2-4,6-7,10H2,1H3. The van der Waals surface area contributed by atoms with Crippen molar-refractivity contribution in [3.63, 3.8) is 0 Å². The predicted octanol–water partition coefficient (Wildman–Crippen LogP) is 4.82. The molecular weight excluding hydrogens is 293 g/mol. The fourth-order valence-corrected chi connectivity index (χ4v) is 3.60. The maximum atomic E-state index is 14.0. The number of hydrogen-bond donors (Lipinski definition) is 1. The van der Waals surface area contributed by atoms with Crippen molar-refractivity contribution in [1.82, 2.24) is 5.32 Å². The average molecular weight is 314 g/mol. The van der Waals surface area contributed by atoms with Crippen molar-refractivity contribution < 1.29 is 4.39 Å². The van der Waals surface area contributed by atoms with Crippen LogP contribution in [0.2, 0.25) is 0 Å². The van der Waals surface area contributed by atoms with Crippen molar-refractivity contribution in [2.24, 2.45) is 5.92 Å². The van der Waals surface area contributed by atoms with Gasteiger partial charge in [0, 0.05) is 16.1 Å². The highest BCUT2D eigenvalue weighted by molar-refractivity contribution is 9.10. The Kier molecular flexibility index (Phi) is 5.19. The van der Waals surface area contributed by atoms with E-state index in [2.05, 4.69) is 21.2 Å². The molecule has 0 heterocycles. The zero-order valence-electron chi connectivity index (χ0n) is 10.9. The Labute approximate surface area is 117 Å². The first kappa shape index (κ1) is 14.0. The number of rotatable bonds is 4. The van der Waals surface area contributed by atoms with Crippen LogP contribution in [-0.2, 0) is 0 Å². The molecule has 1 aromatic rings. The van der Waals surface area contributed by atoms with Crippen molar-refractivity contribution in [3.05, 3.63) is 34.1 Å². The van der Waals surface area contributed by atoms with Gasteiger partial charge in [-0.3, -0.25) is 0 Å². The molecule has 1 unspecified atom stereocenters. The van der Waals surface area contributed by atoms with Gasteiger partial charge in [0.2, 0.25) is 0 Å². The summed E-state index contributed by atoms with van der Waals surface area (Å²) < 4.78 is 14.8. The molecule has 0 saturated heterocycles. The van der Waals surface area contributed by atoms with Crippen LogP contribution in [0.1, 0.15) is 50.1 Å². The SMILES string of the molecule is CNC(CC1CCCCC1)c1c(F)cccc1Br. The molecule has 1 aliphatic rings. The lowest BCUT2D eigenvalue weighted by molar-refractivity contribution is 0.302. The van der Waals surface area contributed by atoms with Crippen LogP contribution in [0.15, 0.2) is 22.7 Å². The van der Waals surface area contributed by atoms with Gasteiger partial charge in [-0.05, 0) is 31.5 Å². The van der Waals surface area contributed by atoms with Crippen LogP contribution >= 0.6 is 15.9 Å². The van der Waals surface area contributed by atoms with E-state index in [1.54, 1.807) is 12.1 Å². The zero-order valence-corrected chi connectivity index (χ0v) is 12.5. The zero-order chi connectivity index (χ0) is 13.0. The van der Waals surface area contributed by atoms with Crippen LogP contribution in [-0.4, -0.2) is 7.05 Å². The molecule has 100 valence electrons. The summed E-state index contributed by atoms with van der Waals surface area (Å²) in [5.41, 5.74) is 0.783. The third kappa shape index (κ3) is 3.33. The van der Waals surface area contributed by atoms with Gasteiger partial charge in [-0.1, -0.05) is 54.1 Å². The van der Waals surface area contributed by atoms with Crippen LogP contribution in [0, 0.1) is 11.7 Å². The molecule has 1 saturated carbocycles. The Morgan fingerprint density at radius 1 is 1.33 bits per heavy atom. The normalized spacial score (nSPS) is 18.8. The van der Waals surface area contributed by atoms with Crippen molar-refractivity contribution in [2.75, 3.05) is 7.05 Å². The summed E-state index contributed by atoms with van der Waals surface area (Å²) in [6.07, 6.45) is 7.66. The first-order valence-electron chi connectivity index (χ1n) is 6.83. The largest absolute Gasteiger partial charge is 0.313 e. The van der Waals surface area contributed by atoms with E-state index >= 15 is 0 Å². The summed E-state index contributed by atoms with van der Waals surface area (Å²) in [7, 11) is 1.92. The number of benzene rings is 1. The fraction of sp³-hybridized carbons (Fsp3) is 0.600. The highest BCUT2D eigenvalue weighted by Gasteiger charge is 2.22. The minimum Gasteiger partial charge on any atom is -0.313 e. The molecule has 1 nitrogen and oxygen atoms in total. The maximum absolute atomic E-state index is 14.0. The first-order valence-corrected chi connectivity index (χ1v) is 7.63. The van der Waals surface area contributed by atoms with Gasteiger partial charge < -0.3 is 5.32 Å². The van der Waals surface area contributed by atoms with E-state index in [9.17, 15) is 4.39 Å². The summed E-state index contributed by atoms with van der Waals surface area (Å²) in [6, 6.07) is 5.33. The molecule has 0 radical (unpaired) electrons. The molecule has 2 rings (SSSR count). The van der Waals surface area contributed by atoms with E-state index in [1.807, 2.05) is 13.1 Å². The van der Waals surface area contributed by atoms with Crippen molar-refractivity contribution in [1.29, 1.82) is 0 Å². The summed E-state index contributed by atoms with van der Waals surface area (Å²) in [5.74, 6) is 0.627. The third-order valence-electron chi connectivity index (χ3n) is 3.99. The summed E-state index contributed by atoms with van der Waals surface area (Å²) in [4.78, 5) is 0. The lowest BCUT2D eigenvalue weighted by atomic mass is 9.83. The molecule has 1 N–H and O–H groups in total. The van der Waals surface area contributed by atoms with E-state index in [0.717, 1.165) is 22.4 Å². The second kappa shape index (κ2) is 6.67. The van der Waals surface area contributed by atoms with Crippen molar-refractivity contribution in [3.8, 4) is 0 Å². The summed E-state index contributed by atoms with van der Waals surface area (Å²) in [6.45, 7) is 0. The second-order valence-corrected chi connectivity index (χ2v) is 6.07. The van der Waals surface area contributed by atoms with Crippen molar-refractivity contribution in [2.45, 2.75) is 44.6 Å². The molecule has 0 aliphatic heterocycles. The fourth-order valence-electron chi connectivity index (χ4n) is 2.98. The Morgan fingerprint density at radius 3 is 2.67 bits per heavy atom. The topological polar surface area (TPSA) is 12.0 Å². The Hall–Kier alpha value is -0.410. The summed E-state index contributed by atoms with van der Waals surface area (Å²) in [5, 5.41) is 3.28. The Balaban J connectivity index is 2.12. The molecular formula is C15H21BrFN. The van der Waals surface area contributed by atoms with Gasteiger partial charge in [0.25, 0.3) is 0 Å². The molecule has 1 atom stereocenters. The lowest BCUT2D eigenvalue weighted by Gasteiger charge is -2.27. The first-order chi connectivity index (χ1) is 8.72. The minimum absolute atomic E-state index is 0.112. The van der Waals surface area contributed by atoms with Gasteiger partial charge in [-0.2, -0.15) is 0 Å². The second-order valence-electron chi connectivity index (χ2n) is 5.22. The van der Waals surface area contributed by atoms with Gasteiger partial charge in [0.15, 0.2) is 0 Å². The molecule has 0 bridgehead atoms. The minimum atomic E-state index is -0.112. The molecule has 1 aromatic carbocycles. The molecule has 0 aromatic heterocycles. The van der Waals surface area contributed by atoms with E-state index < -0.39 is 0 Å². The molecule has 18 heavy (non-hydrogen) atoms.